The van der Waals surface area contributed by atoms with Crippen LogP contribution < -0.4 is 24.8 Å². The van der Waals surface area contributed by atoms with Gasteiger partial charge in [-0.15, -0.1) is 0 Å². The van der Waals surface area contributed by atoms with E-state index in [-0.39, 0.29) is 12.3 Å². The van der Waals surface area contributed by atoms with Crippen molar-refractivity contribution in [1.82, 2.24) is 10.6 Å². The van der Waals surface area contributed by atoms with Crippen LogP contribution in [0.15, 0.2) is 60.1 Å². The molecule has 2 aromatic carbocycles. The number of rotatable bonds is 10. The molecule has 0 saturated carbocycles. The number of ether oxygens (including phenoxy) is 3. The fourth-order valence-electron chi connectivity index (χ4n) is 2.55. The molecule has 0 saturated heterocycles. The van der Waals surface area contributed by atoms with Gasteiger partial charge in [0.25, 0.3) is 0 Å². The number of hydrogen-bond donors (Lipinski definition) is 2. The Morgan fingerprint density at radius 1 is 1.10 bits per heavy atom. The van der Waals surface area contributed by atoms with E-state index in [1.165, 1.54) is 13.2 Å². The van der Waals surface area contributed by atoms with E-state index in [4.69, 9.17) is 9.47 Å². The molecule has 0 heterocycles. The minimum atomic E-state index is -2.91. The quantitative estimate of drug-likeness (QED) is 0.358. The molecule has 2 aromatic rings. The maximum absolute atomic E-state index is 12.7. The van der Waals surface area contributed by atoms with E-state index in [1.807, 2.05) is 24.3 Å². The van der Waals surface area contributed by atoms with Crippen molar-refractivity contribution in [3.05, 3.63) is 66.2 Å². The third kappa shape index (κ3) is 6.99. The van der Waals surface area contributed by atoms with Gasteiger partial charge in [-0.3, -0.25) is 4.99 Å². The molecule has 0 fully saturated rings. The van der Waals surface area contributed by atoms with Crippen molar-refractivity contribution < 1.29 is 23.0 Å². The first kappa shape index (κ1) is 22.0. The van der Waals surface area contributed by atoms with Crippen LogP contribution in [-0.4, -0.2) is 33.3 Å². The smallest absolute Gasteiger partial charge is 0.387 e. The van der Waals surface area contributed by atoms with E-state index in [9.17, 15) is 8.78 Å². The molecule has 2 rings (SSSR count). The van der Waals surface area contributed by atoms with Gasteiger partial charge in [-0.1, -0.05) is 30.9 Å². The topological polar surface area (TPSA) is 64.1 Å². The summed E-state index contributed by atoms with van der Waals surface area (Å²) in [5, 5.41) is 6.26. The van der Waals surface area contributed by atoms with Crippen molar-refractivity contribution in [3.63, 3.8) is 0 Å². The lowest BCUT2D eigenvalue weighted by atomic mass is 10.2. The Bertz CT molecular complexity index is 829. The fraction of sp³-hybridized carbons (Fsp3) is 0.286. The molecule has 0 aromatic heterocycles. The van der Waals surface area contributed by atoms with Gasteiger partial charge in [-0.2, -0.15) is 8.78 Å². The molecule has 0 atom stereocenters. The molecule has 0 aliphatic carbocycles. The summed E-state index contributed by atoms with van der Waals surface area (Å²) in [5.41, 5.74) is 1.46. The Labute approximate surface area is 169 Å². The predicted octanol–water partition coefficient (Wildman–Crippen LogP) is 3.73. The number of methoxy groups -OCH3 is 1. The highest BCUT2D eigenvalue weighted by Gasteiger charge is 2.12. The summed E-state index contributed by atoms with van der Waals surface area (Å²) >= 11 is 0. The van der Waals surface area contributed by atoms with Crippen LogP contribution >= 0.6 is 0 Å². The van der Waals surface area contributed by atoms with E-state index >= 15 is 0 Å². The van der Waals surface area contributed by atoms with E-state index in [2.05, 4.69) is 26.9 Å². The second kappa shape index (κ2) is 11.5. The van der Waals surface area contributed by atoms with Crippen molar-refractivity contribution in [2.45, 2.75) is 19.7 Å². The predicted molar refractivity (Wildman–Crippen MR) is 109 cm³/mol. The van der Waals surface area contributed by atoms with Gasteiger partial charge in [0, 0.05) is 31.3 Å². The fourth-order valence-corrected chi connectivity index (χ4v) is 2.55. The number of hydrogen-bond acceptors (Lipinski definition) is 4. The number of alkyl halides is 2. The molecule has 8 heteroatoms. The summed E-state index contributed by atoms with van der Waals surface area (Å²) in [6.45, 7) is 1.83. The van der Waals surface area contributed by atoms with Gasteiger partial charge in [-0.05, 0) is 24.3 Å². The number of guanidine groups is 1. The van der Waals surface area contributed by atoms with Gasteiger partial charge in [0.1, 0.15) is 23.9 Å². The van der Waals surface area contributed by atoms with Crippen LogP contribution in [0.4, 0.5) is 8.78 Å². The second-order valence-electron chi connectivity index (χ2n) is 5.84. The molecule has 0 unspecified atom stereocenters. The summed E-state index contributed by atoms with van der Waals surface area (Å²) in [7, 11) is 3.13. The third-order valence-electron chi connectivity index (χ3n) is 3.93. The zero-order valence-corrected chi connectivity index (χ0v) is 16.5. The largest absolute Gasteiger partial charge is 0.497 e. The molecular weight excluding hydrogens is 380 g/mol. The number of benzene rings is 2. The van der Waals surface area contributed by atoms with Crippen molar-refractivity contribution in [2.24, 2.45) is 4.99 Å². The lowest BCUT2D eigenvalue weighted by Gasteiger charge is -2.16. The summed E-state index contributed by atoms with van der Waals surface area (Å²) in [4.78, 5) is 4.16. The molecular formula is C21H25F2N3O3. The number of aliphatic imine (C=N–C) groups is 1. The average Bonchev–Trinajstić information content (AvgIpc) is 2.73. The molecule has 156 valence electrons. The molecule has 0 amide bonds. The first-order valence-electron chi connectivity index (χ1n) is 8.95. The van der Waals surface area contributed by atoms with E-state index in [1.54, 1.807) is 25.3 Å². The first-order chi connectivity index (χ1) is 14.1. The van der Waals surface area contributed by atoms with Crippen LogP contribution in [0.1, 0.15) is 11.1 Å². The van der Waals surface area contributed by atoms with Crippen LogP contribution in [0.3, 0.4) is 0 Å². The van der Waals surface area contributed by atoms with E-state index in [0.29, 0.717) is 30.4 Å². The number of nitrogens with zero attached hydrogens (tertiary/aromatic N) is 1. The highest BCUT2D eigenvalue weighted by Crippen LogP contribution is 2.25. The highest BCUT2D eigenvalue weighted by molar-refractivity contribution is 5.79. The third-order valence-corrected chi connectivity index (χ3v) is 3.93. The van der Waals surface area contributed by atoms with Crippen molar-refractivity contribution in [3.8, 4) is 17.2 Å². The lowest BCUT2D eigenvalue weighted by molar-refractivity contribution is -0.0504. The summed E-state index contributed by atoms with van der Waals surface area (Å²) in [5.74, 6) is 1.86. The number of para-hydroxylation sites is 1. The van der Waals surface area contributed by atoms with Crippen LogP contribution in [0, 0.1) is 0 Å². The summed E-state index contributed by atoms with van der Waals surface area (Å²) in [6, 6.07) is 12.3. The van der Waals surface area contributed by atoms with Crippen LogP contribution in [-0.2, 0) is 13.1 Å². The Kier molecular flexibility index (Phi) is 8.75. The lowest BCUT2D eigenvalue weighted by Crippen LogP contribution is -2.36. The normalized spacial score (nSPS) is 11.1. The highest BCUT2D eigenvalue weighted by atomic mass is 19.3. The maximum Gasteiger partial charge on any atom is 0.387 e. The zero-order valence-electron chi connectivity index (χ0n) is 16.5. The van der Waals surface area contributed by atoms with Crippen LogP contribution in [0.25, 0.3) is 0 Å². The van der Waals surface area contributed by atoms with Crippen molar-refractivity contribution >= 4 is 5.96 Å². The zero-order chi connectivity index (χ0) is 21.1. The van der Waals surface area contributed by atoms with E-state index in [0.717, 1.165) is 11.3 Å². The second-order valence-corrected chi connectivity index (χ2v) is 5.84. The SMILES string of the molecule is C=CCOc1ccccc1CNC(=NC)NCc1cc(OC)ccc1OC(F)F. The van der Waals surface area contributed by atoms with Crippen molar-refractivity contribution in [1.29, 1.82) is 0 Å². The monoisotopic (exact) mass is 405 g/mol. The molecule has 6 nitrogen and oxygen atoms in total. The molecule has 0 aliphatic heterocycles. The summed E-state index contributed by atoms with van der Waals surface area (Å²) < 4.78 is 40.7. The molecule has 0 radical (unpaired) electrons. The average molecular weight is 405 g/mol. The Balaban J connectivity index is 2.02. The Hall–Kier alpha value is -3.29. The summed E-state index contributed by atoms with van der Waals surface area (Å²) in [6.07, 6.45) is 1.68. The van der Waals surface area contributed by atoms with E-state index < -0.39 is 6.61 Å². The van der Waals surface area contributed by atoms with Gasteiger partial charge in [0.15, 0.2) is 5.96 Å². The maximum atomic E-state index is 12.7. The standard InChI is InChI=1S/C21H25F2N3O3/c1-4-11-28-18-8-6-5-7-15(18)13-25-21(24-2)26-14-16-12-17(27-3)9-10-19(16)29-20(22)23/h4-10,12,20H,1,11,13-14H2,2-3H3,(H2,24,25,26). The minimum absolute atomic E-state index is 0.0759. The first-order valence-corrected chi connectivity index (χ1v) is 8.95. The Morgan fingerprint density at radius 3 is 2.48 bits per heavy atom. The number of nitrogens with one attached hydrogen (secondary N) is 2. The molecule has 0 aliphatic rings. The van der Waals surface area contributed by atoms with Gasteiger partial charge in [-0.25, -0.2) is 0 Å². The van der Waals surface area contributed by atoms with Crippen molar-refractivity contribution in [2.75, 3.05) is 20.8 Å². The van der Waals surface area contributed by atoms with Crippen LogP contribution in [0.2, 0.25) is 0 Å². The van der Waals surface area contributed by atoms with Gasteiger partial charge < -0.3 is 24.8 Å². The number of halogens is 2. The Morgan fingerprint density at radius 2 is 1.83 bits per heavy atom. The van der Waals surface area contributed by atoms with Gasteiger partial charge in [0.2, 0.25) is 0 Å². The van der Waals surface area contributed by atoms with Gasteiger partial charge in [0.05, 0.1) is 7.11 Å². The molecule has 29 heavy (non-hydrogen) atoms. The van der Waals surface area contributed by atoms with Gasteiger partial charge >= 0.3 is 6.61 Å². The van der Waals surface area contributed by atoms with Crippen LogP contribution in [0.5, 0.6) is 17.2 Å². The molecule has 0 spiro atoms. The minimum Gasteiger partial charge on any atom is -0.497 e. The molecule has 0 bridgehead atoms. The molecule has 2 N–H and O–H groups in total.